The van der Waals surface area contributed by atoms with Gasteiger partial charge in [0.05, 0.1) is 24.3 Å². The first-order valence-corrected chi connectivity index (χ1v) is 7.95. The summed E-state index contributed by atoms with van der Waals surface area (Å²) in [7, 11) is 1.58. The number of amides is 1. The van der Waals surface area contributed by atoms with Gasteiger partial charge in [0.1, 0.15) is 10.6 Å². The van der Waals surface area contributed by atoms with E-state index in [9.17, 15) is 9.90 Å². The molecule has 1 aliphatic rings. The standard InChI is InChI=1S/C15H19N3O3S/c1-21-10-6-8(18-4-2-9(19)3-5-18)7-11-12(10)13(16)14(22-11)15(17)20/h6-7,9,19H,2-5,16H2,1H3,(H2,17,20). The Morgan fingerprint density at radius 1 is 1.41 bits per heavy atom. The molecule has 0 spiro atoms. The number of nitrogens with zero attached hydrogens (tertiary/aromatic N) is 1. The van der Waals surface area contributed by atoms with Gasteiger partial charge in [0, 0.05) is 29.5 Å². The molecule has 0 radical (unpaired) electrons. The molecular formula is C15H19N3O3S. The van der Waals surface area contributed by atoms with E-state index in [0.29, 0.717) is 16.3 Å². The Bertz CT molecular complexity index is 720. The summed E-state index contributed by atoms with van der Waals surface area (Å²) in [5.74, 6) is 0.114. The zero-order valence-corrected chi connectivity index (χ0v) is 13.2. The summed E-state index contributed by atoms with van der Waals surface area (Å²) in [6.07, 6.45) is 1.28. The minimum Gasteiger partial charge on any atom is -0.496 e. The van der Waals surface area contributed by atoms with E-state index < -0.39 is 5.91 Å². The lowest BCUT2D eigenvalue weighted by atomic mass is 10.1. The van der Waals surface area contributed by atoms with Gasteiger partial charge in [-0.3, -0.25) is 4.79 Å². The SMILES string of the molecule is COc1cc(N2CCC(O)CC2)cc2sc(C(N)=O)c(N)c12. The molecule has 0 bridgehead atoms. The van der Waals surface area contributed by atoms with E-state index in [1.54, 1.807) is 7.11 Å². The predicted octanol–water partition coefficient (Wildman–Crippen LogP) is 1.55. The summed E-state index contributed by atoms with van der Waals surface area (Å²) in [6.45, 7) is 1.58. The van der Waals surface area contributed by atoms with E-state index in [-0.39, 0.29) is 6.10 Å². The van der Waals surface area contributed by atoms with Crippen molar-refractivity contribution >= 4 is 38.7 Å². The molecule has 118 valence electrons. The Morgan fingerprint density at radius 2 is 2.09 bits per heavy atom. The quantitative estimate of drug-likeness (QED) is 0.796. The predicted molar refractivity (Wildman–Crippen MR) is 88.8 cm³/mol. The highest BCUT2D eigenvalue weighted by Gasteiger charge is 2.22. The van der Waals surface area contributed by atoms with Gasteiger partial charge in [-0.15, -0.1) is 11.3 Å². The Labute approximate surface area is 132 Å². The second-order valence-electron chi connectivity index (χ2n) is 5.45. The van der Waals surface area contributed by atoms with Gasteiger partial charge < -0.3 is 26.2 Å². The van der Waals surface area contributed by atoms with E-state index in [4.69, 9.17) is 16.2 Å². The number of primary amides is 1. The maximum atomic E-state index is 11.5. The number of carbonyl (C=O) groups is 1. The smallest absolute Gasteiger partial charge is 0.260 e. The van der Waals surface area contributed by atoms with Crippen molar-refractivity contribution in [3.05, 3.63) is 17.0 Å². The average molecular weight is 321 g/mol. The van der Waals surface area contributed by atoms with Crippen molar-refractivity contribution in [3.8, 4) is 5.75 Å². The maximum absolute atomic E-state index is 11.5. The Kier molecular flexibility index (Phi) is 3.84. The van der Waals surface area contributed by atoms with E-state index in [2.05, 4.69) is 4.90 Å². The van der Waals surface area contributed by atoms with Crippen LogP contribution < -0.4 is 21.1 Å². The lowest BCUT2D eigenvalue weighted by molar-refractivity contribution is 0.100. The van der Waals surface area contributed by atoms with Gasteiger partial charge in [0.25, 0.3) is 5.91 Å². The third-order valence-corrected chi connectivity index (χ3v) is 5.22. The molecule has 2 heterocycles. The Morgan fingerprint density at radius 3 is 2.68 bits per heavy atom. The lowest BCUT2D eigenvalue weighted by Gasteiger charge is -2.31. The number of methoxy groups -OCH3 is 1. The summed E-state index contributed by atoms with van der Waals surface area (Å²) in [5.41, 5.74) is 12.8. The lowest BCUT2D eigenvalue weighted by Crippen LogP contribution is -2.35. The zero-order valence-electron chi connectivity index (χ0n) is 12.3. The minimum atomic E-state index is -0.525. The molecule has 7 heteroatoms. The molecule has 0 unspecified atom stereocenters. The van der Waals surface area contributed by atoms with Gasteiger partial charge in [-0.1, -0.05) is 0 Å². The van der Waals surface area contributed by atoms with Crippen molar-refractivity contribution in [2.75, 3.05) is 30.8 Å². The molecule has 6 nitrogen and oxygen atoms in total. The first-order valence-electron chi connectivity index (χ1n) is 7.14. The summed E-state index contributed by atoms with van der Waals surface area (Å²) >= 11 is 1.28. The van der Waals surface area contributed by atoms with Gasteiger partial charge in [-0.2, -0.15) is 0 Å². The Hall–Kier alpha value is -1.99. The highest BCUT2D eigenvalue weighted by Crippen LogP contribution is 2.42. The van der Waals surface area contributed by atoms with Crippen LogP contribution in [0.3, 0.4) is 0 Å². The molecule has 0 aliphatic carbocycles. The molecule has 22 heavy (non-hydrogen) atoms. The molecular weight excluding hydrogens is 302 g/mol. The van der Waals surface area contributed by atoms with Crippen LogP contribution in [0.2, 0.25) is 0 Å². The number of anilines is 2. The van der Waals surface area contributed by atoms with E-state index in [0.717, 1.165) is 41.7 Å². The van der Waals surface area contributed by atoms with Crippen molar-refractivity contribution in [2.45, 2.75) is 18.9 Å². The van der Waals surface area contributed by atoms with Crippen LogP contribution in [-0.4, -0.2) is 37.3 Å². The number of nitrogens with two attached hydrogens (primary N) is 2. The number of fused-ring (bicyclic) bond motifs is 1. The van der Waals surface area contributed by atoms with Crippen LogP contribution in [0.25, 0.3) is 10.1 Å². The fourth-order valence-electron chi connectivity index (χ4n) is 2.85. The van der Waals surface area contributed by atoms with Gasteiger partial charge in [0.15, 0.2) is 0 Å². The second-order valence-corrected chi connectivity index (χ2v) is 6.50. The number of ether oxygens (including phenoxy) is 1. The van der Waals surface area contributed by atoms with Gasteiger partial charge in [-0.25, -0.2) is 0 Å². The average Bonchev–Trinajstić information content (AvgIpc) is 2.84. The first-order chi connectivity index (χ1) is 10.5. The summed E-state index contributed by atoms with van der Waals surface area (Å²) < 4.78 is 6.33. The maximum Gasteiger partial charge on any atom is 0.260 e. The van der Waals surface area contributed by atoms with Crippen LogP contribution in [0.15, 0.2) is 12.1 Å². The fourth-order valence-corrected chi connectivity index (χ4v) is 3.88. The number of nitrogen functional groups attached to an aromatic ring is 1. The van der Waals surface area contributed by atoms with Crippen molar-refractivity contribution in [1.29, 1.82) is 0 Å². The minimum absolute atomic E-state index is 0.222. The molecule has 3 rings (SSSR count). The van der Waals surface area contributed by atoms with Crippen LogP contribution in [-0.2, 0) is 0 Å². The number of benzene rings is 1. The van der Waals surface area contributed by atoms with Crippen LogP contribution >= 0.6 is 11.3 Å². The van der Waals surface area contributed by atoms with E-state index in [1.807, 2.05) is 12.1 Å². The zero-order chi connectivity index (χ0) is 15.9. The normalized spacial score (nSPS) is 16.2. The number of hydrogen-bond donors (Lipinski definition) is 3. The van der Waals surface area contributed by atoms with Crippen molar-refractivity contribution in [3.63, 3.8) is 0 Å². The van der Waals surface area contributed by atoms with Crippen LogP contribution in [0, 0.1) is 0 Å². The molecule has 1 aliphatic heterocycles. The molecule has 0 saturated carbocycles. The van der Waals surface area contributed by atoms with Gasteiger partial charge in [0.2, 0.25) is 0 Å². The summed E-state index contributed by atoms with van der Waals surface area (Å²) in [5, 5.41) is 10.4. The van der Waals surface area contributed by atoms with E-state index >= 15 is 0 Å². The molecule has 1 saturated heterocycles. The van der Waals surface area contributed by atoms with E-state index in [1.165, 1.54) is 11.3 Å². The summed E-state index contributed by atoms with van der Waals surface area (Å²) in [6, 6.07) is 3.93. The van der Waals surface area contributed by atoms with Crippen molar-refractivity contribution in [1.82, 2.24) is 0 Å². The number of rotatable bonds is 3. The topological polar surface area (TPSA) is 102 Å². The third-order valence-electron chi connectivity index (χ3n) is 4.05. The van der Waals surface area contributed by atoms with Crippen LogP contribution in [0.1, 0.15) is 22.5 Å². The first kappa shape index (κ1) is 14.9. The molecule has 5 N–H and O–H groups in total. The number of carbonyl (C=O) groups excluding carboxylic acids is 1. The van der Waals surface area contributed by atoms with Crippen LogP contribution in [0.4, 0.5) is 11.4 Å². The third kappa shape index (κ3) is 2.46. The van der Waals surface area contributed by atoms with Gasteiger partial charge in [-0.05, 0) is 18.9 Å². The monoisotopic (exact) mass is 321 g/mol. The molecule has 1 amide bonds. The second kappa shape index (κ2) is 5.66. The molecule has 1 aromatic heterocycles. The number of piperidine rings is 1. The Balaban J connectivity index is 2.08. The number of aliphatic hydroxyl groups excluding tert-OH is 1. The number of aliphatic hydroxyl groups is 1. The number of hydrogen-bond acceptors (Lipinski definition) is 6. The molecule has 1 aromatic carbocycles. The summed E-state index contributed by atoms with van der Waals surface area (Å²) in [4.78, 5) is 14.1. The number of thiophene rings is 1. The van der Waals surface area contributed by atoms with Gasteiger partial charge >= 0.3 is 0 Å². The van der Waals surface area contributed by atoms with Crippen molar-refractivity contribution in [2.24, 2.45) is 5.73 Å². The van der Waals surface area contributed by atoms with Crippen molar-refractivity contribution < 1.29 is 14.6 Å². The molecule has 2 aromatic rings. The largest absolute Gasteiger partial charge is 0.496 e. The highest BCUT2D eigenvalue weighted by molar-refractivity contribution is 7.21. The van der Waals surface area contributed by atoms with Crippen LogP contribution in [0.5, 0.6) is 5.75 Å². The highest BCUT2D eigenvalue weighted by atomic mass is 32.1. The fraction of sp³-hybridized carbons (Fsp3) is 0.400. The molecule has 1 fully saturated rings. The molecule has 0 atom stereocenters.